The monoisotopic (exact) mass is 555 g/mol. The number of hydrogen-bond donors (Lipinski definition) is 2. The number of benzene rings is 3. The van der Waals surface area contributed by atoms with E-state index in [1.807, 2.05) is 73.1 Å². The molecule has 2 heterocycles. The molecule has 6 rings (SSSR count). The summed E-state index contributed by atoms with van der Waals surface area (Å²) in [6, 6.07) is 18.9. The largest absolute Gasteiger partial charge is 0.349 e. The van der Waals surface area contributed by atoms with Crippen molar-refractivity contribution in [3.05, 3.63) is 89.5 Å². The third-order valence-corrected chi connectivity index (χ3v) is 8.41. The molecule has 1 saturated carbocycles. The van der Waals surface area contributed by atoms with Crippen molar-refractivity contribution in [1.29, 1.82) is 0 Å². The number of nitrogens with one attached hydrogen (secondary N) is 2. The van der Waals surface area contributed by atoms with Crippen LogP contribution in [0.4, 0.5) is 5.69 Å². The Bertz CT molecular complexity index is 1510. The van der Waals surface area contributed by atoms with Crippen LogP contribution in [0.2, 0.25) is 5.02 Å². The first-order chi connectivity index (χ1) is 19.5. The van der Waals surface area contributed by atoms with E-state index in [0.717, 1.165) is 73.3 Å². The molecular weight excluding hydrogens is 522 g/mol. The van der Waals surface area contributed by atoms with Crippen LogP contribution in [0.1, 0.15) is 54.7 Å². The van der Waals surface area contributed by atoms with E-state index in [4.69, 9.17) is 11.6 Å². The van der Waals surface area contributed by atoms with Crippen molar-refractivity contribution in [3.63, 3.8) is 0 Å². The van der Waals surface area contributed by atoms with Gasteiger partial charge in [-0.25, -0.2) is 4.98 Å². The van der Waals surface area contributed by atoms with E-state index < -0.39 is 0 Å². The molecular formula is C32H34ClN5O2. The smallest absolute Gasteiger partial charge is 0.251 e. The molecule has 0 bridgehead atoms. The average molecular weight is 556 g/mol. The van der Waals surface area contributed by atoms with Gasteiger partial charge in [0.2, 0.25) is 5.91 Å². The Morgan fingerprint density at radius 1 is 0.900 bits per heavy atom. The number of aromatic nitrogens is 2. The fourth-order valence-corrected chi connectivity index (χ4v) is 6.17. The van der Waals surface area contributed by atoms with Crippen molar-refractivity contribution in [2.24, 2.45) is 5.92 Å². The second kappa shape index (κ2) is 11.8. The highest BCUT2D eigenvalue weighted by Gasteiger charge is 2.32. The molecule has 40 heavy (non-hydrogen) atoms. The molecule has 1 aliphatic heterocycles. The van der Waals surface area contributed by atoms with Crippen molar-refractivity contribution in [1.82, 2.24) is 19.8 Å². The maximum absolute atomic E-state index is 13.4. The second-order valence-electron chi connectivity index (χ2n) is 10.9. The van der Waals surface area contributed by atoms with Gasteiger partial charge < -0.3 is 15.2 Å². The highest BCUT2D eigenvalue weighted by Crippen LogP contribution is 2.27. The molecule has 1 aromatic heterocycles. The number of anilines is 1. The van der Waals surface area contributed by atoms with Crippen LogP contribution in [0.25, 0.3) is 16.5 Å². The Morgan fingerprint density at radius 2 is 1.65 bits per heavy atom. The lowest BCUT2D eigenvalue weighted by molar-refractivity contribution is -0.121. The van der Waals surface area contributed by atoms with Gasteiger partial charge in [0.05, 0.1) is 12.5 Å². The Kier molecular flexibility index (Phi) is 7.84. The van der Waals surface area contributed by atoms with Crippen molar-refractivity contribution >= 4 is 39.9 Å². The third-order valence-electron chi connectivity index (χ3n) is 8.18. The zero-order valence-electron chi connectivity index (χ0n) is 22.5. The molecule has 1 saturated heterocycles. The lowest BCUT2D eigenvalue weighted by Gasteiger charge is -2.31. The highest BCUT2D eigenvalue weighted by molar-refractivity contribution is 6.31. The standard InChI is InChI=1S/C32H34ClN5O2/c33-25-10-9-22-19-24(8-7-23(22)20-25)31(39)36-29-6-2-1-5-28(29)32(40)35-26-11-13-27(14-12-26)38-18-15-34-30(38)21-37-16-3-4-17-37/h7-15,18-20,28-29H,1-6,16-17,21H2,(H,35,40)(H,36,39)/t28-,29+/m0/s1. The van der Waals surface area contributed by atoms with Gasteiger partial charge in [0.15, 0.2) is 0 Å². The summed E-state index contributed by atoms with van der Waals surface area (Å²) in [6.45, 7) is 3.09. The van der Waals surface area contributed by atoms with Crippen LogP contribution >= 0.6 is 11.6 Å². The molecule has 0 spiro atoms. The van der Waals surface area contributed by atoms with Crippen LogP contribution < -0.4 is 10.6 Å². The maximum atomic E-state index is 13.4. The average Bonchev–Trinajstić information content (AvgIpc) is 3.66. The van der Waals surface area contributed by atoms with E-state index in [0.29, 0.717) is 10.6 Å². The number of fused-ring (bicyclic) bond motifs is 1. The first kappa shape index (κ1) is 26.5. The van der Waals surface area contributed by atoms with Crippen LogP contribution in [0.15, 0.2) is 73.1 Å². The summed E-state index contributed by atoms with van der Waals surface area (Å²) in [5.41, 5.74) is 2.35. The van der Waals surface area contributed by atoms with Gasteiger partial charge in [-0.05, 0) is 98.1 Å². The number of hydrogen-bond acceptors (Lipinski definition) is 4. The van der Waals surface area contributed by atoms with Gasteiger partial charge in [-0.2, -0.15) is 0 Å². The topological polar surface area (TPSA) is 79.3 Å². The summed E-state index contributed by atoms with van der Waals surface area (Å²) in [4.78, 5) is 33.5. The van der Waals surface area contributed by atoms with Crippen LogP contribution in [-0.2, 0) is 11.3 Å². The van der Waals surface area contributed by atoms with Crippen LogP contribution in [-0.4, -0.2) is 45.4 Å². The van der Waals surface area contributed by atoms with Gasteiger partial charge in [0.1, 0.15) is 5.82 Å². The third kappa shape index (κ3) is 5.91. The molecule has 2 fully saturated rings. The second-order valence-corrected chi connectivity index (χ2v) is 11.3. The van der Waals surface area contributed by atoms with Crippen LogP contribution in [0.3, 0.4) is 0 Å². The lowest BCUT2D eigenvalue weighted by Crippen LogP contribution is -2.46. The minimum atomic E-state index is -0.280. The minimum absolute atomic E-state index is 0.0525. The molecule has 2 N–H and O–H groups in total. The first-order valence-corrected chi connectivity index (χ1v) is 14.6. The number of rotatable bonds is 7. The SMILES string of the molecule is O=C(N[C@@H]1CCCC[C@@H]1C(=O)Nc1ccc(-n2ccnc2CN2CCCC2)cc1)c1ccc2cc(Cl)ccc2c1. The number of amides is 2. The molecule has 1 aliphatic carbocycles. The van der Waals surface area contributed by atoms with E-state index in [2.05, 4.69) is 25.1 Å². The van der Waals surface area contributed by atoms with Crippen LogP contribution in [0.5, 0.6) is 0 Å². The fraction of sp³-hybridized carbons (Fsp3) is 0.344. The van der Waals surface area contributed by atoms with Gasteiger partial charge in [-0.3, -0.25) is 14.5 Å². The number of imidazole rings is 1. The molecule has 2 amide bonds. The molecule has 3 aromatic carbocycles. The number of likely N-dealkylation sites (tertiary alicyclic amines) is 1. The Balaban J connectivity index is 1.10. The first-order valence-electron chi connectivity index (χ1n) is 14.2. The quantitative estimate of drug-likeness (QED) is 0.284. The Hall–Kier alpha value is -3.68. The predicted molar refractivity (Wildman–Crippen MR) is 159 cm³/mol. The predicted octanol–water partition coefficient (Wildman–Crippen LogP) is 6.20. The number of halogens is 1. The van der Waals surface area contributed by atoms with Crippen molar-refractivity contribution in [2.75, 3.05) is 18.4 Å². The van der Waals surface area contributed by atoms with Crippen molar-refractivity contribution in [2.45, 2.75) is 51.1 Å². The molecule has 8 heteroatoms. The van der Waals surface area contributed by atoms with Gasteiger partial charge in [0.25, 0.3) is 5.91 Å². The zero-order chi connectivity index (χ0) is 27.5. The summed E-state index contributed by atoms with van der Waals surface area (Å²) < 4.78 is 2.11. The van der Waals surface area contributed by atoms with Gasteiger partial charge in [-0.1, -0.05) is 36.6 Å². The maximum Gasteiger partial charge on any atom is 0.251 e. The van der Waals surface area contributed by atoms with Crippen LogP contribution in [0, 0.1) is 5.92 Å². The van der Waals surface area contributed by atoms with Gasteiger partial charge in [0, 0.05) is 40.4 Å². The molecule has 2 aliphatic rings. The summed E-state index contributed by atoms with van der Waals surface area (Å²) in [5.74, 6) is 0.534. The number of carbonyl (C=O) groups excluding carboxylic acids is 2. The Labute approximate surface area is 239 Å². The normalized spacial score (nSPS) is 19.5. The van der Waals surface area contributed by atoms with E-state index in [1.165, 1.54) is 12.8 Å². The van der Waals surface area contributed by atoms with Gasteiger partial charge >= 0.3 is 0 Å². The summed E-state index contributed by atoms with van der Waals surface area (Å²) >= 11 is 6.10. The number of nitrogens with zero attached hydrogens (tertiary/aromatic N) is 3. The van der Waals surface area contributed by atoms with Gasteiger partial charge in [-0.15, -0.1) is 0 Å². The summed E-state index contributed by atoms with van der Waals surface area (Å²) in [7, 11) is 0. The van der Waals surface area contributed by atoms with Crippen molar-refractivity contribution in [3.8, 4) is 5.69 Å². The molecule has 7 nitrogen and oxygen atoms in total. The fourth-order valence-electron chi connectivity index (χ4n) is 5.99. The molecule has 0 radical (unpaired) electrons. The van der Waals surface area contributed by atoms with E-state index >= 15 is 0 Å². The minimum Gasteiger partial charge on any atom is -0.349 e. The summed E-state index contributed by atoms with van der Waals surface area (Å²) in [5, 5.41) is 8.85. The molecule has 0 unspecified atom stereocenters. The van der Waals surface area contributed by atoms with E-state index in [9.17, 15) is 9.59 Å². The molecule has 4 aromatic rings. The van der Waals surface area contributed by atoms with E-state index in [1.54, 1.807) is 0 Å². The van der Waals surface area contributed by atoms with Crippen molar-refractivity contribution < 1.29 is 9.59 Å². The molecule has 2 atom stereocenters. The summed E-state index contributed by atoms with van der Waals surface area (Å²) in [6.07, 6.45) is 9.82. The number of carbonyl (C=O) groups is 2. The molecule has 206 valence electrons. The van der Waals surface area contributed by atoms with E-state index in [-0.39, 0.29) is 23.8 Å². The Morgan fingerprint density at radius 3 is 2.48 bits per heavy atom. The lowest BCUT2D eigenvalue weighted by atomic mass is 9.83. The highest BCUT2D eigenvalue weighted by atomic mass is 35.5. The zero-order valence-corrected chi connectivity index (χ0v) is 23.2.